The first-order valence-corrected chi connectivity index (χ1v) is 16.0. The molecule has 312 valence electrons. The van der Waals surface area contributed by atoms with E-state index in [0.717, 1.165) is 55.4 Å². The molecule has 0 unspecified atom stereocenters. The van der Waals surface area contributed by atoms with Crippen molar-refractivity contribution in [3.8, 4) is 0 Å². The maximum absolute atomic E-state index is 13.2. The van der Waals surface area contributed by atoms with E-state index in [1.165, 1.54) is 0 Å². The van der Waals surface area contributed by atoms with Crippen LogP contribution in [-0.2, 0) is 47.8 Å². The van der Waals surface area contributed by atoms with Crippen molar-refractivity contribution >= 4 is 47.8 Å². The van der Waals surface area contributed by atoms with E-state index in [4.69, 9.17) is 9.47 Å². The van der Waals surface area contributed by atoms with Crippen molar-refractivity contribution in [3.63, 3.8) is 0 Å². The molecule has 0 saturated heterocycles. The first kappa shape index (κ1) is 50.2. The Morgan fingerprint density at radius 3 is 0.754 bits per heavy atom. The molecular weight excluding hydrogens is 764 g/mol. The van der Waals surface area contributed by atoms with Crippen LogP contribution < -0.4 is 0 Å². The van der Waals surface area contributed by atoms with Crippen molar-refractivity contribution < 1.29 is 98.9 Å². The van der Waals surface area contributed by atoms with Crippen LogP contribution in [0.2, 0.25) is 0 Å². The number of aliphatic hydroxyl groups excluding tert-OH is 1. The van der Waals surface area contributed by atoms with Crippen molar-refractivity contribution in [2.24, 2.45) is 5.41 Å². The number of carboxylic acids is 8. The SMILES string of the molecule is CC(=COC(C=C(C)C(=O)O)(C=C(C)C(=O)O)C(CO)(C(O)(C=C(C)C(=O)O)C=C(C)C(=O)O)C(C=C(C)C(=O)O)(C=C(C)C(=O)O)OC=C(C)C(=O)O)C(=O)O. The minimum absolute atomic E-state index is 0.317. The third-order valence-corrected chi connectivity index (χ3v) is 8.41. The molecule has 10 N–H and O–H groups in total. The highest BCUT2D eigenvalue weighted by Gasteiger charge is 2.72. The molecule has 0 aromatic heterocycles. The number of hydrogen-bond donors (Lipinski definition) is 10. The van der Waals surface area contributed by atoms with E-state index < -0.39 is 121 Å². The summed E-state index contributed by atoms with van der Waals surface area (Å²) in [5, 5.41) is 105. The Balaban J connectivity index is 11.1. The summed E-state index contributed by atoms with van der Waals surface area (Å²) in [4.78, 5) is 99.2. The molecule has 0 aromatic carbocycles. The van der Waals surface area contributed by atoms with E-state index in [0.29, 0.717) is 49.0 Å². The molecule has 0 amide bonds. The molecule has 0 spiro atoms. The molecule has 0 saturated carbocycles. The van der Waals surface area contributed by atoms with Crippen LogP contribution >= 0.6 is 0 Å². The van der Waals surface area contributed by atoms with Crippen LogP contribution in [0.4, 0.5) is 0 Å². The van der Waals surface area contributed by atoms with Gasteiger partial charge in [0, 0.05) is 33.4 Å². The molecule has 0 atom stereocenters. The lowest BCUT2D eigenvalue weighted by molar-refractivity contribution is -0.210. The molecule has 57 heavy (non-hydrogen) atoms. The van der Waals surface area contributed by atoms with Crippen LogP contribution in [0, 0.1) is 5.41 Å². The lowest BCUT2D eigenvalue weighted by Crippen LogP contribution is -2.72. The number of carbonyl (C=O) groups is 8. The summed E-state index contributed by atoms with van der Waals surface area (Å²) < 4.78 is 11.9. The van der Waals surface area contributed by atoms with Gasteiger partial charge in [0.05, 0.1) is 30.3 Å². The number of aliphatic carboxylic acids is 8. The van der Waals surface area contributed by atoms with Crippen molar-refractivity contribution in [2.45, 2.75) is 72.2 Å². The molecule has 0 aliphatic carbocycles. The standard InChI is InChI=1S/C37H44O20/c1-18(26(39)40)9-34(55,10-19(2)27(41)42)37(17-38,35(11-20(3)28(43)44,12-21(4)29(45)46)56-15-24(7)32(51)52)36(13-22(5)30(47)48,14-23(6)31(49)50)57-16-25(8)33(53)54/h9-16,38,55H,17H2,1-8H3,(H,39,40)(H,41,42)(H,43,44)(H,45,46)(H,47,48)(H,49,50)(H,51,52)(H,53,54). The van der Waals surface area contributed by atoms with Gasteiger partial charge in [0.1, 0.15) is 11.0 Å². The van der Waals surface area contributed by atoms with Gasteiger partial charge in [-0.15, -0.1) is 0 Å². The lowest BCUT2D eigenvalue weighted by Gasteiger charge is -2.59. The van der Waals surface area contributed by atoms with E-state index in [1.807, 2.05) is 0 Å². The molecule has 0 heterocycles. The highest BCUT2D eigenvalue weighted by atomic mass is 16.5. The first-order valence-electron chi connectivity index (χ1n) is 16.0. The smallest absolute Gasteiger partial charge is 0.334 e. The van der Waals surface area contributed by atoms with Gasteiger partial charge < -0.3 is 60.5 Å². The molecule has 0 bridgehead atoms. The molecular formula is C37H44O20. The Hall–Kier alpha value is -6.80. The Morgan fingerprint density at radius 2 is 0.579 bits per heavy atom. The molecule has 0 aliphatic heterocycles. The molecule has 0 aromatic rings. The Morgan fingerprint density at radius 1 is 0.386 bits per heavy atom. The monoisotopic (exact) mass is 808 g/mol. The van der Waals surface area contributed by atoms with Crippen LogP contribution in [0.15, 0.2) is 93.6 Å². The second kappa shape index (κ2) is 19.7. The van der Waals surface area contributed by atoms with Gasteiger partial charge in [0.25, 0.3) is 0 Å². The van der Waals surface area contributed by atoms with E-state index in [-0.39, 0.29) is 0 Å². The largest absolute Gasteiger partial charge is 0.485 e. The minimum Gasteiger partial charge on any atom is -0.485 e. The summed E-state index contributed by atoms with van der Waals surface area (Å²) in [5.74, 6) is -14.7. The van der Waals surface area contributed by atoms with Crippen molar-refractivity contribution in [3.05, 3.63) is 93.6 Å². The molecule has 0 radical (unpaired) electrons. The second-order valence-corrected chi connectivity index (χ2v) is 12.7. The van der Waals surface area contributed by atoms with Crippen LogP contribution in [0.1, 0.15) is 55.4 Å². The highest BCUT2D eigenvalue weighted by Crippen LogP contribution is 2.59. The van der Waals surface area contributed by atoms with Crippen LogP contribution in [0.3, 0.4) is 0 Å². The summed E-state index contributed by atoms with van der Waals surface area (Å²) in [7, 11) is 0. The molecule has 0 rings (SSSR count). The third-order valence-electron chi connectivity index (χ3n) is 8.41. The second-order valence-electron chi connectivity index (χ2n) is 12.7. The summed E-state index contributed by atoms with van der Waals surface area (Å²) >= 11 is 0. The van der Waals surface area contributed by atoms with Crippen LogP contribution in [-0.4, -0.2) is 122 Å². The quantitative estimate of drug-likeness (QED) is 0.0554. The van der Waals surface area contributed by atoms with Crippen LogP contribution in [0.5, 0.6) is 0 Å². The van der Waals surface area contributed by atoms with Crippen LogP contribution in [0.25, 0.3) is 0 Å². The predicted molar refractivity (Wildman–Crippen MR) is 193 cm³/mol. The van der Waals surface area contributed by atoms with Gasteiger partial charge >= 0.3 is 47.8 Å². The number of aliphatic hydroxyl groups is 2. The van der Waals surface area contributed by atoms with Crippen molar-refractivity contribution in [1.82, 2.24) is 0 Å². The third kappa shape index (κ3) is 11.6. The Labute approximate surface area is 324 Å². The fourth-order valence-electron chi connectivity index (χ4n) is 5.30. The molecule has 0 aliphatic rings. The Kier molecular flexibility index (Phi) is 17.3. The zero-order chi connectivity index (χ0) is 45.0. The normalized spacial score (nSPS) is 18.1. The summed E-state index contributed by atoms with van der Waals surface area (Å²) in [6.07, 6.45) is 3.02. The predicted octanol–water partition coefficient (Wildman–Crippen LogP) is 2.37. The topological polar surface area (TPSA) is 357 Å². The van der Waals surface area contributed by atoms with Gasteiger partial charge in [-0.2, -0.15) is 0 Å². The molecule has 20 nitrogen and oxygen atoms in total. The fraction of sp³-hybridized carbons (Fsp3) is 0.351. The average Bonchev–Trinajstić information content (AvgIpc) is 3.08. The zero-order valence-corrected chi connectivity index (χ0v) is 31.9. The number of hydrogen-bond acceptors (Lipinski definition) is 12. The van der Waals surface area contributed by atoms with Gasteiger partial charge in [-0.1, -0.05) is 0 Å². The van der Waals surface area contributed by atoms with Gasteiger partial charge in [-0.3, -0.25) is 0 Å². The summed E-state index contributed by atoms with van der Waals surface area (Å²) in [6, 6.07) is 0. The minimum atomic E-state index is -3.70. The number of ether oxygens (including phenoxy) is 2. The van der Waals surface area contributed by atoms with E-state index in [9.17, 15) is 89.4 Å². The van der Waals surface area contributed by atoms with Crippen molar-refractivity contribution in [1.29, 1.82) is 0 Å². The fourth-order valence-corrected chi connectivity index (χ4v) is 5.30. The van der Waals surface area contributed by atoms with Gasteiger partial charge in [-0.05, 0) is 91.8 Å². The zero-order valence-electron chi connectivity index (χ0n) is 31.9. The number of carboxylic acid groups (broad SMARTS) is 8. The lowest BCUT2D eigenvalue weighted by atomic mass is 9.50. The van der Waals surface area contributed by atoms with E-state index in [1.54, 1.807) is 0 Å². The summed E-state index contributed by atoms with van der Waals surface area (Å²) in [6.45, 7) is 4.71. The van der Waals surface area contributed by atoms with Crippen molar-refractivity contribution in [2.75, 3.05) is 6.61 Å². The van der Waals surface area contributed by atoms with Gasteiger partial charge in [-0.25, -0.2) is 38.4 Å². The van der Waals surface area contributed by atoms with E-state index >= 15 is 0 Å². The summed E-state index contributed by atoms with van der Waals surface area (Å²) in [5.41, 5.74) is -21.3. The Bertz CT molecular complexity index is 1750. The highest BCUT2D eigenvalue weighted by molar-refractivity contribution is 5.91. The maximum atomic E-state index is 13.2. The van der Waals surface area contributed by atoms with Gasteiger partial charge in [0.15, 0.2) is 11.2 Å². The average molecular weight is 809 g/mol. The number of rotatable bonds is 22. The molecule has 0 fully saturated rings. The van der Waals surface area contributed by atoms with E-state index in [2.05, 4.69) is 0 Å². The maximum Gasteiger partial charge on any atom is 0.334 e. The molecule has 20 heteroatoms. The van der Waals surface area contributed by atoms with Gasteiger partial charge in [0.2, 0.25) is 0 Å². The first-order chi connectivity index (χ1) is 25.9.